The van der Waals surface area contributed by atoms with Crippen molar-refractivity contribution in [3.63, 3.8) is 0 Å². The smallest absolute Gasteiger partial charge is 1.00 e. The average Bonchev–Trinajstić information content (AvgIpc) is 2.54. The van der Waals surface area contributed by atoms with Crippen molar-refractivity contribution in [1.29, 1.82) is 0 Å². The minimum Gasteiger partial charge on any atom is -1.00 e. The Hall–Kier alpha value is 0.580. The summed E-state index contributed by atoms with van der Waals surface area (Å²) in [6, 6.07) is 0. The second kappa shape index (κ2) is 23.6. The molecule has 0 spiro atoms. The van der Waals surface area contributed by atoms with Crippen LogP contribution in [0.1, 0.15) is 53.4 Å². The van der Waals surface area contributed by atoms with E-state index in [-0.39, 0.29) is 57.6 Å². The number of hydrogen-bond donors (Lipinski definition) is 4. The fourth-order valence-electron chi connectivity index (χ4n) is 0.695. The van der Waals surface area contributed by atoms with Gasteiger partial charge in [-0.2, -0.15) is 0 Å². The van der Waals surface area contributed by atoms with Gasteiger partial charge < -0.3 is 34.0 Å². The largest absolute Gasteiger partial charge is 1.00 e. The maximum Gasteiger partial charge on any atom is -1.00 e. The molecular formula is C12H24Br2Hf2N4O4. The van der Waals surface area contributed by atoms with Gasteiger partial charge in [0.05, 0.1) is 0 Å². The molecule has 0 saturated heterocycles. The van der Waals surface area contributed by atoms with Crippen molar-refractivity contribution in [2.45, 2.75) is 53.4 Å². The maximum absolute atomic E-state index is 10.7. The van der Waals surface area contributed by atoms with Gasteiger partial charge >= 0.3 is 156 Å². The summed E-state index contributed by atoms with van der Waals surface area (Å²) in [7, 11) is 0. The summed E-state index contributed by atoms with van der Waals surface area (Å²) >= 11 is -2.72. The number of amides is 4. The summed E-state index contributed by atoms with van der Waals surface area (Å²) in [6.07, 6.45) is 1.98. The Bertz CT molecular complexity index is 311. The summed E-state index contributed by atoms with van der Waals surface area (Å²) in [5.74, 6) is 0.129. The molecule has 0 radical (unpaired) electrons. The van der Waals surface area contributed by atoms with Crippen LogP contribution in [0.4, 0.5) is 0 Å². The monoisotopic (exact) mass is 806 g/mol. The van der Waals surface area contributed by atoms with Crippen LogP contribution in [0, 0.1) is 0 Å². The Morgan fingerprint density at radius 3 is 0.833 bits per heavy atom. The molecule has 0 fully saturated rings. The van der Waals surface area contributed by atoms with Gasteiger partial charge in [-0.25, -0.2) is 0 Å². The third-order valence-electron chi connectivity index (χ3n) is 2.09. The molecule has 0 aromatic heterocycles. The first kappa shape index (κ1) is 32.3. The second-order valence-electron chi connectivity index (χ2n) is 3.86. The first-order chi connectivity index (χ1) is 10.4. The molecule has 8 nitrogen and oxygen atoms in total. The van der Waals surface area contributed by atoms with Gasteiger partial charge in [0.25, 0.3) is 0 Å². The van der Waals surface area contributed by atoms with Crippen LogP contribution in [0.5, 0.6) is 0 Å². The quantitative estimate of drug-likeness (QED) is 0.183. The summed E-state index contributed by atoms with van der Waals surface area (Å²) in [4.78, 5) is 42.7. The van der Waals surface area contributed by atoms with Gasteiger partial charge in [0, 0.05) is 0 Å². The van der Waals surface area contributed by atoms with Gasteiger partial charge in [-0.3, -0.25) is 0 Å². The number of carbonyl (C=O) groups excluding carboxylic acids is 4. The molecule has 0 unspecified atom stereocenters. The number of carbonyl (C=O) groups is 4. The molecule has 0 heterocycles. The molecule has 0 bridgehead atoms. The normalized spacial score (nSPS) is 7.50. The molecule has 0 aromatic rings. The molecule has 0 saturated carbocycles. The molecule has 0 aliphatic heterocycles. The van der Waals surface area contributed by atoms with Crippen molar-refractivity contribution < 1.29 is 100 Å². The molecule has 12 heteroatoms. The van der Waals surface area contributed by atoms with E-state index in [9.17, 15) is 19.2 Å². The van der Waals surface area contributed by atoms with Gasteiger partial charge in [-0.05, 0) is 0 Å². The van der Waals surface area contributed by atoms with Crippen LogP contribution >= 0.6 is 0 Å². The summed E-state index contributed by atoms with van der Waals surface area (Å²) in [5, 5.41) is 0. The van der Waals surface area contributed by atoms with E-state index in [0.29, 0.717) is 25.7 Å². The van der Waals surface area contributed by atoms with Crippen LogP contribution in [0.3, 0.4) is 0 Å². The third-order valence-corrected chi connectivity index (χ3v) is 7.90. The van der Waals surface area contributed by atoms with Crippen molar-refractivity contribution in [1.82, 2.24) is 13.2 Å². The molecular weight excluding hydrogens is 781 g/mol. The predicted octanol–water partition coefficient (Wildman–Crippen LogP) is -6.09. The molecule has 0 aromatic carbocycles. The van der Waals surface area contributed by atoms with E-state index < -0.39 is 47.0 Å². The van der Waals surface area contributed by atoms with E-state index in [0.717, 1.165) is 0 Å². The molecule has 0 aliphatic rings. The van der Waals surface area contributed by atoms with Crippen LogP contribution in [0.15, 0.2) is 0 Å². The zero-order valence-electron chi connectivity index (χ0n) is 14.2. The van der Waals surface area contributed by atoms with Gasteiger partial charge in [-0.1, -0.05) is 0 Å². The molecule has 138 valence electrons. The number of hydrogen-bond acceptors (Lipinski definition) is 4. The van der Waals surface area contributed by atoms with E-state index in [1.165, 1.54) is 0 Å². The molecule has 0 atom stereocenters. The van der Waals surface area contributed by atoms with Crippen LogP contribution in [-0.4, -0.2) is 23.6 Å². The summed E-state index contributed by atoms with van der Waals surface area (Å²) in [6.45, 7) is 7.17. The first-order valence-corrected chi connectivity index (χ1v) is 14.2. The Kier molecular flexibility index (Phi) is 31.7. The average molecular weight is 805 g/mol. The Balaban J connectivity index is -0.000000154. The fraction of sp³-hybridized carbons (Fsp3) is 0.667. The van der Waals surface area contributed by atoms with Crippen molar-refractivity contribution in [2.24, 2.45) is 0 Å². The van der Waals surface area contributed by atoms with Gasteiger partial charge in [0.1, 0.15) is 0 Å². The predicted molar refractivity (Wildman–Crippen MR) is 73.7 cm³/mol. The van der Waals surface area contributed by atoms with Crippen molar-refractivity contribution in [2.75, 3.05) is 0 Å². The Morgan fingerprint density at radius 2 is 0.708 bits per heavy atom. The first-order valence-electron chi connectivity index (χ1n) is 7.06. The van der Waals surface area contributed by atoms with Crippen LogP contribution < -0.4 is 47.2 Å². The third kappa shape index (κ3) is 24.8. The zero-order chi connectivity index (χ0) is 17.4. The minimum absolute atomic E-state index is 0. The van der Waals surface area contributed by atoms with Crippen LogP contribution in [0.25, 0.3) is 0 Å². The molecule has 4 N–H and O–H groups in total. The van der Waals surface area contributed by atoms with E-state index in [2.05, 4.69) is 13.2 Å². The van der Waals surface area contributed by atoms with Crippen molar-refractivity contribution in [3.05, 3.63) is 0 Å². The van der Waals surface area contributed by atoms with E-state index >= 15 is 0 Å². The SMILES string of the molecule is CCC(=O)[NH][Hf+][NH]C(=O)CC.CCC(=O)[NH][Hf+][NH]C(=O)CC.[Br-].[Br-]. The number of halogens is 2. The van der Waals surface area contributed by atoms with Crippen LogP contribution in [0.2, 0.25) is 0 Å². The minimum atomic E-state index is -1.36. The maximum atomic E-state index is 10.7. The topological polar surface area (TPSA) is 116 Å². The summed E-state index contributed by atoms with van der Waals surface area (Å²) < 4.78 is 10.9. The second-order valence-corrected chi connectivity index (χ2v) is 9.25. The van der Waals surface area contributed by atoms with Crippen LogP contribution in [-0.2, 0) is 66.1 Å². The number of rotatable bonds is 8. The Labute approximate surface area is 188 Å². The van der Waals surface area contributed by atoms with Crippen molar-refractivity contribution in [3.8, 4) is 0 Å². The molecule has 0 rings (SSSR count). The van der Waals surface area contributed by atoms with Gasteiger partial charge in [0.2, 0.25) is 0 Å². The standard InChI is InChI=1S/4C3H7NO.2BrH.2Hf/c4*1-2-3(4)5;;;;/h4*2H2,1H3,(H2,4,5);2*1H;;/q;;;;;;2*+3/p-6. The van der Waals surface area contributed by atoms with E-state index in [1.807, 2.05) is 0 Å². The van der Waals surface area contributed by atoms with Gasteiger partial charge in [0.15, 0.2) is 0 Å². The van der Waals surface area contributed by atoms with Gasteiger partial charge in [-0.15, -0.1) is 0 Å². The van der Waals surface area contributed by atoms with E-state index in [1.54, 1.807) is 27.7 Å². The Morgan fingerprint density at radius 1 is 0.542 bits per heavy atom. The molecule has 4 amide bonds. The number of nitrogens with one attached hydrogen (secondary N) is 4. The van der Waals surface area contributed by atoms with E-state index in [4.69, 9.17) is 0 Å². The zero-order valence-corrected chi connectivity index (χ0v) is 24.6. The molecule has 0 aliphatic carbocycles. The summed E-state index contributed by atoms with van der Waals surface area (Å²) in [5.41, 5.74) is 0. The van der Waals surface area contributed by atoms with Crippen molar-refractivity contribution >= 4 is 23.6 Å². The fourth-order valence-corrected chi connectivity index (χ4v) is 5.69. The molecule has 24 heavy (non-hydrogen) atoms.